The van der Waals surface area contributed by atoms with Gasteiger partial charge in [0, 0.05) is 6.54 Å². The van der Waals surface area contributed by atoms with Crippen LogP contribution in [0.5, 0.6) is 0 Å². The third-order valence-corrected chi connectivity index (χ3v) is 3.36. The lowest BCUT2D eigenvalue weighted by Gasteiger charge is -2.13. The summed E-state index contributed by atoms with van der Waals surface area (Å²) < 4.78 is 22.9. The van der Waals surface area contributed by atoms with Crippen molar-refractivity contribution in [3.05, 3.63) is 59.3 Å². The Balaban J connectivity index is 1.77. The van der Waals surface area contributed by atoms with Crippen molar-refractivity contribution >= 4 is 11.9 Å². The van der Waals surface area contributed by atoms with E-state index in [1.54, 1.807) is 19.1 Å². The minimum absolute atomic E-state index is 0.298. The van der Waals surface area contributed by atoms with E-state index in [1.165, 1.54) is 31.4 Å². The van der Waals surface area contributed by atoms with E-state index in [0.29, 0.717) is 24.3 Å². The molecule has 1 aromatic carbocycles. The van der Waals surface area contributed by atoms with Gasteiger partial charge in [0.05, 0.1) is 6.26 Å². The Labute approximate surface area is 133 Å². The number of nitrogens with one attached hydrogen (secondary N) is 1. The zero-order valence-corrected chi connectivity index (χ0v) is 13.0. The van der Waals surface area contributed by atoms with Crippen molar-refractivity contribution in [1.29, 1.82) is 0 Å². The van der Waals surface area contributed by atoms with Crippen molar-refractivity contribution < 1.29 is 23.1 Å². The number of rotatable bonds is 6. The van der Waals surface area contributed by atoms with Crippen LogP contribution < -0.4 is 5.32 Å². The van der Waals surface area contributed by atoms with Crippen molar-refractivity contribution in [2.75, 3.05) is 6.54 Å². The van der Waals surface area contributed by atoms with Crippen LogP contribution in [0.3, 0.4) is 0 Å². The maximum atomic E-state index is 12.8. The number of carbonyl (C=O) groups is 2. The van der Waals surface area contributed by atoms with E-state index < -0.39 is 12.1 Å². The van der Waals surface area contributed by atoms with Crippen LogP contribution >= 0.6 is 0 Å². The largest absolute Gasteiger partial charge is 0.469 e. The van der Waals surface area contributed by atoms with Crippen molar-refractivity contribution in [2.45, 2.75) is 26.4 Å². The van der Waals surface area contributed by atoms with Gasteiger partial charge in [-0.05, 0) is 44.0 Å². The van der Waals surface area contributed by atoms with E-state index in [0.717, 1.165) is 5.56 Å². The summed E-state index contributed by atoms with van der Waals surface area (Å²) in [4.78, 5) is 23.8. The number of esters is 1. The highest BCUT2D eigenvalue weighted by molar-refractivity contribution is 5.92. The molecule has 1 N–H and O–H groups in total. The van der Waals surface area contributed by atoms with Crippen molar-refractivity contribution in [2.24, 2.45) is 0 Å². The number of ether oxygens (including phenoxy) is 1. The topological polar surface area (TPSA) is 68.5 Å². The molecule has 122 valence electrons. The van der Waals surface area contributed by atoms with Crippen LogP contribution in [0, 0.1) is 12.7 Å². The van der Waals surface area contributed by atoms with Gasteiger partial charge in [0.25, 0.3) is 5.91 Å². The van der Waals surface area contributed by atoms with Crippen LogP contribution in [0.2, 0.25) is 0 Å². The number of benzene rings is 1. The molecular formula is C17H18FNO4. The predicted octanol–water partition coefficient (Wildman–Crippen LogP) is 2.63. The summed E-state index contributed by atoms with van der Waals surface area (Å²) in [5, 5.41) is 2.68. The zero-order chi connectivity index (χ0) is 16.8. The molecule has 0 unspecified atom stereocenters. The van der Waals surface area contributed by atoms with Gasteiger partial charge in [-0.2, -0.15) is 0 Å². The van der Waals surface area contributed by atoms with Crippen LogP contribution in [0.4, 0.5) is 4.39 Å². The molecule has 23 heavy (non-hydrogen) atoms. The maximum Gasteiger partial charge on any atom is 0.342 e. The Hall–Kier alpha value is -2.63. The highest BCUT2D eigenvalue weighted by Gasteiger charge is 2.20. The molecular weight excluding hydrogens is 301 g/mol. The fourth-order valence-electron chi connectivity index (χ4n) is 2.00. The van der Waals surface area contributed by atoms with Gasteiger partial charge in [0.15, 0.2) is 6.10 Å². The van der Waals surface area contributed by atoms with Crippen LogP contribution in [0.1, 0.15) is 28.6 Å². The smallest absolute Gasteiger partial charge is 0.342 e. The number of amides is 1. The van der Waals surface area contributed by atoms with E-state index in [1.807, 2.05) is 0 Å². The molecule has 6 heteroatoms. The van der Waals surface area contributed by atoms with Gasteiger partial charge in [-0.25, -0.2) is 9.18 Å². The van der Waals surface area contributed by atoms with Gasteiger partial charge in [-0.3, -0.25) is 4.79 Å². The fourth-order valence-corrected chi connectivity index (χ4v) is 2.00. The molecule has 0 spiro atoms. The summed E-state index contributed by atoms with van der Waals surface area (Å²) in [6.07, 6.45) is 1.04. The first-order valence-electron chi connectivity index (χ1n) is 7.24. The standard InChI is InChI=1S/C17H18FNO4/c1-11-15(8-10-22-11)17(21)23-12(2)16(20)19-9-7-13-3-5-14(18)6-4-13/h3-6,8,10,12H,7,9H2,1-2H3,(H,19,20)/t12-/m1/s1. The molecule has 1 atom stereocenters. The predicted molar refractivity (Wildman–Crippen MR) is 81.4 cm³/mol. The molecule has 0 saturated carbocycles. The quantitative estimate of drug-likeness (QED) is 0.831. The molecule has 0 saturated heterocycles. The molecule has 1 heterocycles. The minimum atomic E-state index is -0.912. The monoisotopic (exact) mass is 319 g/mol. The first-order chi connectivity index (χ1) is 11.0. The molecule has 1 aromatic heterocycles. The lowest BCUT2D eigenvalue weighted by atomic mass is 10.1. The van der Waals surface area contributed by atoms with E-state index in [2.05, 4.69) is 5.32 Å². The van der Waals surface area contributed by atoms with Gasteiger partial charge in [0.1, 0.15) is 17.1 Å². The molecule has 0 radical (unpaired) electrons. The van der Waals surface area contributed by atoms with Gasteiger partial charge >= 0.3 is 5.97 Å². The van der Waals surface area contributed by atoms with Crippen molar-refractivity contribution in [3.63, 3.8) is 0 Å². The SMILES string of the molecule is Cc1occc1C(=O)O[C@H](C)C(=O)NCCc1ccc(F)cc1. The van der Waals surface area contributed by atoms with Gasteiger partial charge in [-0.15, -0.1) is 0 Å². The Bertz CT molecular complexity index is 678. The second-order valence-electron chi connectivity index (χ2n) is 5.11. The van der Waals surface area contributed by atoms with Crippen molar-refractivity contribution in [1.82, 2.24) is 5.32 Å². The molecule has 0 fully saturated rings. The summed E-state index contributed by atoms with van der Waals surface area (Å²) in [6, 6.07) is 7.56. The average molecular weight is 319 g/mol. The molecule has 5 nitrogen and oxygen atoms in total. The molecule has 0 aliphatic heterocycles. The summed E-state index contributed by atoms with van der Waals surface area (Å²) in [6.45, 7) is 3.52. The normalized spacial score (nSPS) is 11.8. The molecule has 0 aliphatic rings. The van der Waals surface area contributed by atoms with E-state index in [4.69, 9.17) is 9.15 Å². The molecule has 0 bridgehead atoms. The highest BCUT2D eigenvalue weighted by Crippen LogP contribution is 2.11. The van der Waals surface area contributed by atoms with E-state index >= 15 is 0 Å². The maximum absolute atomic E-state index is 12.8. The summed E-state index contributed by atoms with van der Waals surface area (Å²) >= 11 is 0. The van der Waals surface area contributed by atoms with Crippen molar-refractivity contribution in [3.8, 4) is 0 Å². The Morgan fingerprint density at radius 2 is 1.96 bits per heavy atom. The van der Waals surface area contributed by atoms with Crippen LogP contribution in [0.25, 0.3) is 0 Å². The number of furan rings is 1. The van der Waals surface area contributed by atoms with Gasteiger partial charge in [0.2, 0.25) is 0 Å². The minimum Gasteiger partial charge on any atom is -0.469 e. The Kier molecular flexibility index (Phi) is 5.51. The summed E-state index contributed by atoms with van der Waals surface area (Å²) in [7, 11) is 0. The van der Waals surface area contributed by atoms with Crippen LogP contribution in [0.15, 0.2) is 41.0 Å². The highest BCUT2D eigenvalue weighted by atomic mass is 19.1. The lowest BCUT2D eigenvalue weighted by molar-refractivity contribution is -0.129. The number of aryl methyl sites for hydroxylation is 1. The van der Waals surface area contributed by atoms with Crippen LogP contribution in [-0.2, 0) is 16.0 Å². The summed E-state index contributed by atoms with van der Waals surface area (Å²) in [5.41, 5.74) is 1.21. The zero-order valence-electron chi connectivity index (χ0n) is 13.0. The first kappa shape index (κ1) is 16.7. The first-order valence-corrected chi connectivity index (χ1v) is 7.24. The molecule has 0 aliphatic carbocycles. The fraction of sp³-hybridized carbons (Fsp3) is 0.294. The number of carbonyl (C=O) groups excluding carboxylic acids is 2. The summed E-state index contributed by atoms with van der Waals surface area (Å²) in [5.74, 6) is -0.842. The van der Waals surface area contributed by atoms with Gasteiger partial charge in [-0.1, -0.05) is 12.1 Å². The molecule has 1 amide bonds. The van der Waals surface area contributed by atoms with Gasteiger partial charge < -0.3 is 14.5 Å². The third kappa shape index (κ3) is 4.67. The average Bonchev–Trinajstić information content (AvgIpc) is 2.95. The second kappa shape index (κ2) is 7.58. The lowest BCUT2D eigenvalue weighted by Crippen LogP contribution is -2.36. The number of hydrogen-bond acceptors (Lipinski definition) is 4. The number of halogens is 1. The van der Waals surface area contributed by atoms with Crippen LogP contribution in [-0.4, -0.2) is 24.5 Å². The third-order valence-electron chi connectivity index (χ3n) is 3.36. The molecule has 2 aromatic rings. The Morgan fingerprint density at radius 3 is 2.57 bits per heavy atom. The van der Waals surface area contributed by atoms with E-state index in [9.17, 15) is 14.0 Å². The number of hydrogen-bond donors (Lipinski definition) is 1. The van der Waals surface area contributed by atoms with E-state index in [-0.39, 0.29) is 11.7 Å². The second-order valence-corrected chi connectivity index (χ2v) is 5.11. The Morgan fingerprint density at radius 1 is 1.26 bits per heavy atom. The molecule has 2 rings (SSSR count).